The number of nitrogens with one attached hydrogen (secondary N) is 1. The fourth-order valence-electron chi connectivity index (χ4n) is 3.60. The Labute approximate surface area is 128 Å². The van der Waals surface area contributed by atoms with Crippen LogP contribution in [0.25, 0.3) is 0 Å². The SMILES string of the molecule is CCNC(Cc1cn(C)nn1)C1(OCC)CCCCCC1. The molecule has 5 heteroatoms. The quantitative estimate of drug-likeness (QED) is 0.785. The second-order valence-corrected chi connectivity index (χ2v) is 6.11. The third-order valence-corrected chi connectivity index (χ3v) is 4.53. The smallest absolute Gasteiger partial charge is 0.0843 e. The van der Waals surface area contributed by atoms with Crippen LogP contribution < -0.4 is 5.32 Å². The lowest BCUT2D eigenvalue weighted by Crippen LogP contribution is -2.53. The molecule has 0 bridgehead atoms. The Balaban J connectivity index is 2.17. The van der Waals surface area contributed by atoms with Crippen molar-refractivity contribution in [3.05, 3.63) is 11.9 Å². The van der Waals surface area contributed by atoms with Crippen molar-refractivity contribution < 1.29 is 4.74 Å². The van der Waals surface area contributed by atoms with E-state index < -0.39 is 0 Å². The molecule has 1 aliphatic rings. The summed E-state index contributed by atoms with van der Waals surface area (Å²) < 4.78 is 8.10. The summed E-state index contributed by atoms with van der Waals surface area (Å²) in [4.78, 5) is 0. The van der Waals surface area contributed by atoms with Crippen molar-refractivity contribution >= 4 is 0 Å². The third-order valence-electron chi connectivity index (χ3n) is 4.53. The molecular weight excluding hydrogens is 264 g/mol. The van der Waals surface area contributed by atoms with Gasteiger partial charge in [0.15, 0.2) is 0 Å². The van der Waals surface area contributed by atoms with Gasteiger partial charge in [-0.2, -0.15) is 0 Å². The van der Waals surface area contributed by atoms with Crippen molar-refractivity contribution in [3.8, 4) is 0 Å². The lowest BCUT2D eigenvalue weighted by Gasteiger charge is -2.40. The van der Waals surface area contributed by atoms with Crippen LogP contribution in [0.2, 0.25) is 0 Å². The highest BCUT2D eigenvalue weighted by atomic mass is 16.5. The summed E-state index contributed by atoms with van der Waals surface area (Å²) in [6.07, 6.45) is 10.4. The molecule has 1 aromatic heterocycles. The molecule has 21 heavy (non-hydrogen) atoms. The maximum Gasteiger partial charge on any atom is 0.0843 e. The van der Waals surface area contributed by atoms with Gasteiger partial charge in [-0.25, -0.2) is 0 Å². The first-order chi connectivity index (χ1) is 10.2. The Bertz CT molecular complexity index is 410. The average molecular weight is 294 g/mol. The summed E-state index contributed by atoms with van der Waals surface area (Å²) in [6.45, 7) is 6.01. The standard InChI is InChI=1S/C16H30N4O/c1-4-17-15(12-14-13-20(3)19-18-14)16(21-5-2)10-8-6-7-9-11-16/h13,15,17H,4-12H2,1-3H3. The molecule has 1 heterocycles. The van der Waals surface area contributed by atoms with Crippen LogP contribution in [0, 0.1) is 0 Å². The van der Waals surface area contributed by atoms with Crippen LogP contribution in [0.5, 0.6) is 0 Å². The summed E-state index contributed by atoms with van der Waals surface area (Å²) in [7, 11) is 1.92. The topological polar surface area (TPSA) is 52.0 Å². The minimum Gasteiger partial charge on any atom is -0.374 e. The number of hydrogen-bond acceptors (Lipinski definition) is 4. The summed E-state index contributed by atoms with van der Waals surface area (Å²) in [5.74, 6) is 0. The van der Waals surface area contributed by atoms with Crippen molar-refractivity contribution in [1.29, 1.82) is 0 Å². The van der Waals surface area contributed by atoms with E-state index in [2.05, 4.69) is 29.5 Å². The summed E-state index contributed by atoms with van der Waals surface area (Å²) in [5, 5.41) is 12.0. The van der Waals surface area contributed by atoms with Crippen LogP contribution in [0.4, 0.5) is 0 Å². The Kier molecular flexibility index (Phi) is 6.18. The number of rotatable bonds is 7. The van der Waals surface area contributed by atoms with Crippen LogP contribution >= 0.6 is 0 Å². The fourth-order valence-corrected chi connectivity index (χ4v) is 3.60. The van der Waals surface area contributed by atoms with Gasteiger partial charge in [-0.1, -0.05) is 37.8 Å². The molecule has 5 nitrogen and oxygen atoms in total. The van der Waals surface area contributed by atoms with Crippen LogP contribution in [0.3, 0.4) is 0 Å². The summed E-state index contributed by atoms with van der Waals surface area (Å²) >= 11 is 0. The average Bonchev–Trinajstić information content (AvgIpc) is 2.73. The van der Waals surface area contributed by atoms with Crippen molar-refractivity contribution in [2.75, 3.05) is 13.2 Å². The number of likely N-dealkylation sites (N-methyl/N-ethyl adjacent to an activating group) is 1. The number of aromatic nitrogens is 3. The van der Waals surface area contributed by atoms with Crippen molar-refractivity contribution in [2.45, 2.75) is 70.4 Å². The van der Waals surface area contributed by atoms with Gasteiger partial charge in [-0.05, 0) is 26.3 Å². The molecule has 0 radical (unpaired) electrons. The summed E-state index contributed by atoms with van der Waals surface area (Å²) in [6, 6.07) is 0.317. The molecule has 1 fully saturated rings. The Morgan fingerprint density at radius 3 is 2.52 bits per heavy atom. The first-order valence-electron chi connectivity index (χ1n) is 8.42. The van der Waals surface area contributed by atoms with Crippen LogP contribution in [0.1, 0.15) is 58.1 Å². The van der Waals surface area contributed by atoms with Gasteiger partial charge in [0.25, 0.3) is 0 Å². The molecule has 1 aliphatic carbocycles. The largest absolute Gasteiger partial charge is 0.374 e. The number of hydrogen-bond donors (Lipinski definition) is 1. The van der Waals surface area contributed by atoms with E-state index >= 15 is 0 Å². The lowest BCUT2D eigenvalue weighted by molar-refractivity contribution is -0.0766. The fraction of sp³-hybridized carbons (Fsp3) is 0.875. The zero-order chi connectivity index (χ0) is 15.1. The predicted molar refractivity (Wildman–Crippen MR) is 84.2 cm³/mol. The third kappa shape index (κ3) is 4.27. The van der Waals surface area contributed by atoms with Gasteiger partial charge in [0.1, 0.15) is 0 Å². The molecule has 120 valence electrons. The predicted octanol–water partition coefficient (Wildman–Crippen LogP) is 2.47. The van der Waals surface area contributed by atoms with Crippen molar-refractivity contribution in [2.24, 2.45) is 7.05 Å². The molecule has 0 amide bonds. The van der Waals surface area contributed by atoms with Gasteiger partial charge in [-0.15, -0.1) is 5.10 Å². The second-order valence-electron chi connectivity index (χ2n) is 6.11. The van der Waals surface area contributed by atoms with E-state index in [9.17, 15) is 0 Å². The van der Waals surface area contributed by atoms with E-state index in [1.807, 2.05) is 13.2 Å². The first-order valence-corrected chi connectivity index (χ1v) is 8.42. The molecule has 0 saturated heterocycles. The maximum absolute atomic E-state index is 6.33. The highest BCUT2D eigenvalue weighted by molar-refractivity contribution is 5.03. The van der Waals surface area contributed by atoms with Crippen LogP contribution in [0.15, 0.2) is 6.20 Å². The number of aryl methyl sites for hydroxylation is 1. The van der Waals surface area contributed by atoms with E-state index in [-0.39, 0.29) is 5.60 Å². The van der Waals surface area contributed by atoms with E-state index in [4.69, 9.17) is 4.74 Å². The maximum atomic E-state index is 6.33. The van der Waals surface area contributed by atoms with E-state index in [1.165, 1.54) is 25.7 Å². The molecular formula is C16H30N4O. The molecule has 0 aromatic carbocycles. The number of ether oxygens (including phenoxy) is 1. The number of nitrogens with zero attached hydrogens (tertiary/aromatic N) is 3. The summed E-state index contributed by atoms with van der Waals surface area (Å²) in [5.41, 5.74) is 1.01. The molecule has 1 aromatic rings. The van der Waals surface area contributed by atoms with Gasteiger partial charge in [0, 0.05) is 32.3 Å². The lowest BCUT2D eigenvalue weighted by atomic mass is 9.83. The van der Waals surface area contributed by atoms with Crippen molar-refractivity contribution in [1.82, 2.24) is 20.3 Å². The zero-order valence-electron chi connectivity index (χ0n) is 13.8. The van der Waals surface area contributed by atoms with Gasteiger partial charge in [-0.3, -0.25) is 4.68 Å². The van der Waals surface area contributed by atoms with Crippen LogP contribution in [-0.2, 0) is 18.2 Å². The normalized spacial score (nSPS) is 20.1. The molecule has 1 unspecified atom stereocenters. The minimum atomic E-state index is -0.0429. The van der Waals surface area contributed by atoms with E-state index in [0.29, 0.717) is 6.04 Å². The van der Waals surface area contributed by atoms with Crippen molar-refractivity contribution in [3.63, 3.8) is 0 Å². The first kappa shape index (κ1) is 16.4. The van der Waals surface area contributed by atoms with E-state index in [0.717, 1.165) is 38.1 Å². The van der Waals surface area contributed by atoms with E-state index in [1.54, 1.807) is 4.68 Å². The van der Waals surface area contributed by atoms with Gasteiger partial charge in [0.2, 0.25) is 0 Å². The van der Waals surface area contributed by atoms with Gasteiger partial charge in [0.05, 0.1) is 11.3 Å². The van der Waals surface area contributed by atoms with Gasteiger partial charge >= 0.3 is 0 Å². The Hall–Kier alpha value is -0.940. The molecule has 0 aliphatic heterocycles. The van der Waals surface area contributed by atoms with Crippen LogP contribution in [-0.4, -0.2) is 39.8 Å². The molecule has 2 rings (SSSR count). The van der Waals surface area contributed by atoms with Gasteiger partial charge < -0.3 is 10.1 Å². The molecule has 1 atom stereocenters. The Morgan fingerprint density at radius 1 is 1.29 bits per heavy atom. The highest BCUT2D eigenvalue weighted by Crippen LogP contribution is 2.34. The Morgan fingerprint density at radius 2 is 2.00 bits per heavy atom. The molecule has 1 N–H and O–H groups in total. The minimum absolute atomic E-state index is 0.0429. The monoisotopic (exact) mass is 294 g/mol. The zero-order valence-corrected chi connectivity index (χ0v) is 13.8. The second kappa shape index (κ2) is 7.90. The highest BCUT2D eigenvalue weighted by Gasteiger charge is 2.39. The molecule has 0 spiro atoms. The molecule has 1 saturated carbocycles.